The first kappa shape index (κ1) is 14.9. The summed E-state index contributed by atoms with van der Waals surface area (Å²) in [6.45, 7) is 6.08. The van der Waals surface area contributed by atoms with Crippen LogP contribution in [0.15, 0.2) is 24.3 Å². The number of hydrogen-bond donors (Lipinski definition) is 2. The summed E-state index contributed by atoms with van der Waals surface area (Å²) in [5.41, 5.74) is 1.98. The number of rotatable bonds is 6. The van der Waals surface area contributed by atoms with Crippen LogP contribution in [-0.4, -0.2) is 19.0 Å². The molecule has 20 heavy (non-hydrogen) atoms. The van der Waals surface area contributed by atoms with E-state index >= 15 is 0 Å². The highest BCUT2D eigenvalue weighted by atomic mass is 16.1. The van der Waals surface area contributed by atoms with Gasteiger partial charge < -0.3 is 10.6 Å². The van der Waals surface area contributed by atoms with Gasteiger partial charge >= 0.3 is 0 Å². The Morgan fingerprint density at radius 1 is 1.25 bits per heavy atom. The zero-order valence-electron chi connectivity index (χ0n) is 12.7. The second-order valence-electron chi connectivity index (χ2n) is 6.17. The van der Waals surface area contributed by atoms with Gasteiger partial charge in [-0.2, -0.15) is 0 Å². The van der Waals surface area contributed by atoms with E-state index in [1.807, 2.05) is 24.3 Å². The lowest BCUT2D eigenvalue weighted by Crippen LogP contribution is -2.34. The quantitative estimate of drug-likeness (QED) is 0.828. The number of benzene rings is 1. The van der Waals surface area contributed by atoms with Crippen LogP contribution in [0.2, 0.25) is 0 Å². The van der Waals surface area contributed by atoms with E-state index < -0.39 is 0 Å². The first-order valence-corrected chi connectivity index (χ1v) is 7.76. The standard InChI is InChI=1S/C17H26N2O/c1-3-12-18-15-9-5-4-8-14(15)16(20)19-13-17(2)10-6-7-11-17/h4-5,8-9,18H,3,6-7,10-13H2,1-2H3,(H,19,20). The highest BCUT2D eigenvalue weighted by Crippen LogP contribution is 2.36. The molecule has 1 aliphatic rings. The zero-order chi connectivity index (χ0) is 14.4. The molecule has 0 aromatic heterocycles. The van der Waals surface area contributed by atoms with Crippen LogP contribution in [0.5, 0.6) is 0 Å². The van der Waals surface area contributed by atoms with Crippen molar-refractivity contribution in [3.8, 4) is 0 Å². The third-order valence-electron chi connectivity index (χ3n) is 4.22. The lowest BCUT2D eigenvalue weighted by molar-refractivity contribution is 0.0935. The van der Waals surface area contributed by atoms with E-state index in [-0.39, 0.29) is 5.91 Å². The summed E-state index contributed by atoms with van der Waals surface area (Å²) < 4.78 is 0. The van der Waals surface area contributed by atoms with E-state index in [0.29, 0.717) is 5.41 Å². The Balaban J connectivity index is 1.98. The van der Waals surface area contributed by atoms with Gasteiger partial charge in [-0.3, -0.25) is 4.79 Å². The van der Waals surface area contributed by atoms with E-state index in [0.717, 1.165) is 30.8 Å². The van der Waals surface area contributed by atoms with Crippen LogP contribution >= 0.6 is 0 Å². The first-order valence-electron chi connectivity index (χ1n) is 7.76. The first-order chi connectivity index (χ1) is 9.64. The average molecular weight is 274 g/mol. The maximum absolute atomic E-state index is 12.4. The van der Waals surface area contributed by atoms with E-state index in [1.54, 1.807) is 0 Å². The second kappa shape index (κ2) is 6.78. The van der Waals surface area contributed by atoms with Gasteiger partial charge in [-0.15, -0.1) is 0 Å². The van der Waals surface area contributed by atoms with Gasteiger partial charge in [-0.05, 0) is 36.8 Å². The van der Waals surface area contributed by atoms with Gasteiger partial charge in [-0.25, -0.2) is 0 Å². The molecule has 2 rings (SSSR count). The van der Waals surface area contributed by atoms with Crippen LogP contribution in [0.4, 0.5) is 5.69 Å². The molecule has 0 spiro atoms. The van der Waals surface area contributed by atoms with Gasteiger partial charge in [0.25, 0.3) is 5.91 Å². The SMILES string of the molecule is CCCNc1ccccc1C(=O)NCC1(C)CCCC1. The third kappa shape index (κ3) is 3.75. The van der Waals surface area contributed by atoms with Crippen molar-refractivity contribution >= 4 is 11.6 Å². The van der Waals surface area contributed by atoms with Crippen molar-refractivity contribution in [2.75, 3.05) is 18.4 Å². The number of carbonyl (C=O) groups excluding carboxylic acids is 1. The molecule has 3 nitrogen and oxygen atoms in total. The normalized spacial score (nSPS) is 16.9. The minimum Gasteiger partial charge on any atom is -0.384 e. The summed E-state index contributed by atoms with van der Waals surface area (Å²) >= 11 is 0. The Morgan fingerprint density at radius 2 is 1.95 bits per heavy atom. The molecular formula is C17H26N2O. The molecule has 1 aromatic carbocycles. The molecule has 0 unspecified atom stereocenters. The van der Waals surface area contributed by atoms with Crippen molar-refractivity contribution in [3.63, 3.8) is 0 Å². The summed E-state index contributed by atoms with van der Waals surface area (Å²) in [7, 11) is 0. The van der Waals surface area contributed by atoms with Crippen LogP contribution < -0.4 is 10.6 Å². The summed E-state index contributed by atoms with van der Waals surface area (Å²) in [5, 5.41) is 6.44. The molecule has 0 heterocycles. The van der Waals surface area contributed by atoms with Crippen LogP contribution in [0, 0.1) is 5.41 Å². The fourth-order valence-electron chi connectivity index (χ4n) is 2.89. The molecule has 3 heteroatoms. The fraction of sp³-hybridized carbons (Fsp3) is 0.588. The highest BCUT2D eigenvalue weighted by Gasteiger charge is 2.29. The van der Waals surface area contributed by atoms with Crippen LogP contribution in [-0.2, 0) is 0 Å². The number of para-hydroxylation sites is 1. The molecule has 0 bridgehead atoms. The minimum absolute atomic E-state index is 0.0392. The third-order valence-corrected chi connectivity index (χ3v) is 4.22. The van der Waals surface area contributed by atoms with E-state index in [9.17, 15) is 4.79 Å². The van der Waals surface area contributed by atoms with Crippen molar-refractivity contribution in [2.24, 2.45) is 5.41 Å². The molecule has 0 aliphatic heterocycles. The van der Waals surface area contributed by atoms with Crippen molar-refractivity contribution in [1.82, 2.24) is 5.32 Å². The molecule has 1 aliphatic carbocycles. The number of carbonyl (C=O) groups is 1. The summed E-state index contributed by atoms with van der Waals surface area (Å²) in [6, 6.07) is 7.75. The van der Waals surface area contributed by atoms with E-state index in [1.165, 1.54) is 25.7 Å². The molecule has 0 saturated heterocycles. The number of amides is 1. The maximum atomic E-state index is 12.4. The number of anilines is 1. The van der Waals surface area contributed by atoms with Gasteiger partial charge in [0.2, 0.25) is 0 Å². The van der Waals surface area contributed by atoms with Crippen molar-refractivity contribution < 1.29 is 4.79 Å². The van der Waals surface area contributed by atoms with Gasteiger partial charge in [0, 0.05) is 18.8 Å². The maximum Gasteiger partial charge on any atom is 0.253 e. The Hall–Kier alpha value is -1.51. The van der Waals surface area contributed by atoms with E-state index in [2.05, 4.69) is 24.5 Å². The summed E-state index contributed by atoms with van der Waals surface area (Å²) in [5.74, 6) is 0.0392. The predicted octanol–water partition coefficient (Wildman–Crippen LogP) is 3.82. The van der Waals surface area contributed by atoms with Gasteiger partial charge in [-0.1, -0.05) is 38.8 Å². The summed E-state index contributed by atoms with van der Waals surface area (Å²) in [6.07, 6.45) is 6.09. The van der Waals surface area contributed by atoms with Crippen molar-refractivity contribution in [3.05, 3.63) is 29.8 Å². The molecule has 0 atom stereocenters. The Morgan fingerprint density at radius 3 is 2.65 bits per heavy atom. The molecule has 1 amide bonds. The Kier molecular flexibility index (Phi) is 5.05. The fourth-order valence-corrected chi connectivity index (χ4v) is 2.89. The second-order valence-corrected chi connectivity index (χ2v) is 6.17. The van der Waals surface area contributed by atoms with Crippen LogP contribution in [0.1, 0.15) is 56.3 Å². The number of nitrogens with one attached hydrogen (secondary N) is 2. The molecule has 110 valence electrons. The smallest absolute Gasteiger partial charge is 0.253 e. The lowest BCUT2D eigenvalue weighted by Gasteiger charge is -2.24. The molecule has 1 saturated carbocycles. The zero-order valence-corrected chi connectivity index (χ0v) is 12.7. The van der Waals surface area contributed by atoms with Gasteiger partial charge in [0.15, 0.2) is 0 Å². The van der Waals surface area contributed by atoms with E-state index in [4.69, 9.17) is 0 Å². The number of hydrogen-bond acceptors (Lipinski definition) is 2. The monoisotopic (exact) mass is 274 g/mol. The molecule has 2 N–H and O–H groups in total. The van der Waals surface area contributed by atoms with Crippen molar-refractivity contribution in [2.45, 2.75) is 46.0 Å². The largest absolute Gasteiger partial charge is 0.384 e. The summed E-state index contributed by atoms with van der Waals surface area (Å²) in [4.78, 5) is 12.4. The van der Waals surface area contributed by atoms with Crippen LogP contribution in [0.25, 0.3) is 0 Å². The topological polar surface area (TPSA) is 41.1 Å². The average Bonchev–Trinajstić information content (AvgIpc) is 2.90. The van der Waals surface area contributed by atoms with Gasteiger partial charge in [0.1, 0.15) is 0 Å². The minimum atomic E-state index is 0.0392. The Bertz CT molecular complexity index is 450. The van der Waals surface area contributed by atoms with Gasteiger partial charge in [0.05, 0.1) is 5.56 Å². The lowest BCUT2D eigenvalue weighted by atomic mass is 9.89. The molecular weight excluding hydrogens is 248 g/mol. The molecule has 0 radical (unpaired) electrons. The Labute approximate surface area is 122 Å². The molecule has 1 aromatic rings. The predicted molar refractivity (Wildman–Crippen MR) is 84.1 cm³/mol. The van der Waals surface area contributed by atoms with Crippen molar-refractivity contribution in [1.29, 1.82) is 0 Å². The highest BCUT2D eigenvalue weighted by molar-refractivity contribution is 5.99. The molecule has 1 fully saturated rings. The van der Waals surface area contributed by atoms with Crippen LogP contribution in [0.3, 0.4) is 0 Å².